The fourth-order valence-corrected chi connectivity index (χ4v) is 3.84. The number of allylic oxidation sites excluding steroid dienone is 1. The molecule has 4 rings (SSSR count). The van der Waals surface area contributed by atoms with Gasteiger partial charge in [-0.1, -0.05) is 35.9 Å². The van der Waals surface area contributed by atoms with Gasteiger partial charge in [-0.15, -0.1) is 6.58 Å². The number of rotatable bonds is 5. The lowest BCUT2D eigenvalue weighted by atomic mass is 10.1. The summed E-state index contributed by atoms with van der Waals surface area (Å²) in [6.07, 6.45) is 6.76. The smallest absolute Gasteiger partial charge is 0.295 e. The highest BCUT2D eigenvalue weighted by atomic mass is 35.5. The first-order valence-corrected chi connectivity index (χ1v) is 9.96. The van der Waals surface area contributed by atoms with Crippen LogP contribution in [0.5, 0.6) is 0 Å². The minimum absolute atomic E-state index is 0.115. The van der Waals surface area contributed by atoms with E-state index in [-0.39, 0.29) is 28.8 Å². The van der Waals surface area contributed by atoms with Crippen LogP contribution in [-0.2, 0) is 6.54 Å². The Balaban J connectivity index is 1.77. The average molecular weight is 412 g/mol. The van der Waals surface area contributed by atoms with Crippen LogP contribution >= 0.6 is 11.6 Å². The SMILES string of the molecule is C=CCn1c(-c2ccccc2Cl)cn2cc(C(=O)NC3CCNCC3)nc2c1=O. The van der Waals surface area contributed by atoms with Crippen LogP contribution in [0.4, 0.5) is 0 Å². The van der Waals surface area contributed by atoms with E-state index in [2.05, 4.69) is 22.2 Å². The molecule has 1 aliphatic rings. The zero-order chi connectivity index (χ0) is 20.4. The second-order valence-electron chi connectivity index (χ2n) is 7.05. The van der Waals surface area contributed by atoms with E-state index in [9.17, 15) is 9.59 Å². The van der Waals surface area contributed by atoms with Gasteiger partial charge in [0, 0.05) is 35.6 Å². The highest BCUT2D eigenvalue weighted by molar-refractivity contribution is 6.33. The van der Waals surface area contributed by atoms with Gasteiger partial charge in [0.25, 0.3) is 11.5 Å². The molecule has 1 aliphatic heterocycles. The minimum Gasteiger partial charge on any atom is -0.348 e. The van der Waals surface area contributed by atoms with Gasteiger partial charge in [-0.05, 0) is 32.0 Å². The summed E-state index contributed by atoms with van der Waals surface area (Å²) < 4.78 is 3.16. The van der Waals surface area contributed by atoms with E-state index in [4.69, 9.17) is 11.6 Å². The molecule has 8 heteroatoms. The van der Waals surface area contributed by atoms with Gasteiger partial charge >= 0.3 is 0 Å². The van der Waals surface area contributed by atoms with Gasteiger partial charge < -0.3 is 10.6 Å². The summed E-state index contributed by atoms with van der Waals surface area (Å²) >= 11 is 6.36. The normalized spacial score (nSPS) is 14.8. The molecule has 1 amide bonds. The number of benzene rings is 1. The van der Waals surface area contributed by atoms with Crippen molar-refractivity contribution < 1.29 is 4.79 Å². The van der Waals surface area contributed by atoms with Crippen molar-refractivity contribution in [3.05, 3.63) is 70.4 Å². The topological polar surface area (TPSA) is 80.4 Å². The van der Waals surface area contributed by atoms with Crippen molar-refractivity contribution in [2.45, 2.75) is 25.4 Å². The number of hydrogen-bond acceptors (Lipinski definition) is 4. The Hall–Kier alpha value is -2.90. The summed E-state index contributed by atoms with van der Waals surface area (Å²) in [6, 6.07) is 7.44. The number of nitrogens with one attached hydrogen (secondary N) is 2. The molecule has 0 aliphatic carbocycles. The molecule has 0 atom stereocenters. The summed E-state index contributed by atoms with van der Waals surface area (Å²) in [5, 5.41) is 6.81. The third-order valence-electron chi connectivity index (χ3n) is 5.09. The van der Waals surface area contributed by atoms with Gasteiger partial charge in [0.1, 0.15) is 5.69 Å². The first-order chi connectivity index (χ1) is 14.1. The van der Waals surface area contributed by atoms with Crippen LogP contribution in [0, 0.1) is 0 Å². The molecule has 1 aromatic carbocycles. The van der Waals surface area contributed by atoms with Crippen LogP contribution < -0.4 is 16.2 Å². The zero-order valence-corrected chi connectivity index (χ0v) is 16.7. The quantitative estimate of drug-likeness (QED) is 0.632. The monoisotopic (exact) mass is 411 g/mol. The molecule has 2 N–H and O–H groups in total. The van der Waals surface area contributed by atoms with Gasteiger partial charge in [0.05, 0.1) is 5.69 Å². The van der Waals surface area contributed by atoms with Crippen LogP contribution in [0.15, 0.2) is 54.1 Å². The molecule has 7 nitrogen and oxygen atoms in total. The van der Waals surface area contributed by atoms with Crippen LogP contribution in [0.1, 0.15) is 23.3 Å². The number of fused-ring (bicyclic) bond motifs is 1. The second kappa shape index (κ2) is 8.23. The van der Waals surface area contributed by atoms with Gasteiger partial charge in [-0.2, -0.15) is 0 Å². The van der Waals surface area contributed by atoms with E-state index in [1.807, 2.05) is 18.2 Å². The molecule has 3 aromatic rings. The zero-order valence-electron chi connectivity index (χ0n) is 15.9. The van der Waals surface area contributed by atoms with E-state index in [1.54, 1.807) is 33.5 Å². The van der Waals surface area contributed by atoms with E-state index in [1.165, 1.54) is 0 Å². The molecule has 1 fully saturated rings. The number of imidazole rings is 1. The molecule has 1 saturated heterocycles. The predicted molar refractivity (Wildman–Crippen MR) is 113 cm³/mol. The van der Waals surface area contributed by atoms with Crippen LogP contribution in [0.2, 0.25) is 5.02 Å². The summed E-state index contributed by atoms with van der Waals surface area (Å²) in [6.45, 7) is 5.81. The number of halogens is 1. The average Bonchev–Trinajstić information content (AvgIpc) is 3.16. The molecule has 0 radical (unpaired) electrons. The van der Waals surface area contributed by atoms with Crippen molar-refractivity contribution in [1.82, 2.24) is 24.6 Å². The maximum atomic E-state index is 13.1. The van der Waals surface area contributed by atoms with Crippen molar-refractivity contribution in [1.29, 1.82) is 0 Å². The Bertz CT molecular complexity index is 1130. The summed E-state index contributed by atoms with van der Waals surface area (Å²) in [7, 11) is 0. The predicted octanol–water partition coefficient (Wildman–Crippen LogP) is 2.48. The first-order valence-electron chi connectivity index (χ1n) is 9.58. The number of aromatic nitrogens is 3. The maximum absolute atomic E-state index is 13.1. The number of nitrogens with zero attached hydrogens (tertiary/aromatic N) is 3. The molecule has 0 bridgehead atoms. The molecule has 0 unspecified atom stereocenters. The van der Waals surface area contributed by atoms with Crippen molar-refractivity contribution in [2.24, 2.45) is 0 Å². The van der Waals surface area contributed by atoms with Crippen molar-refractivity contribution >= 4 is 23.2 Å². The Morgan fingerprint density at radius 2 is 2.07 bits per heavy atom. The third-order valence-corrected chi connectivity index (χ3v) is 5.42. The lowest BCUT2D eigenvalue weighted by molar-refractivity contribution is 0.0925. The summed E-state index contributed by atoms with van der Waals surface area (Å²) in [5.74, 6) is -0.269. The highest BCUT2D eigenvalue weighted by Gasteiger charge is 2.20. The lowest BCUT2D eigenvalue weighted by Gasteiger charge is -2.23. The number of amides is 1. The number of carbonyl (C=O) groups excluding carboxylic acids is 1. The molecule has 2 aromatic heterocycles. The molecule has 3 heterocycles. The third kappa shape index (κ3) is 3.83. The standard InChI is InChI=1S/C21H22ClN5O2/c1-2-11-27-18(15-5-3-4-6-16(15)22)13-26-12-17(25-19(26)21(27)29)20(28)24-14-7-9-23-10-8-14/h2-6,12-14,23H,1,7-11H2,(H,24,28). The maximum Gasteiger partial charge on any atom is 0.295 e. The van der Waals surface area contributed by atoms with E-state index in [0.717, 1.165) is 31.5 Å². The van der Waals surface area contributed by atoms with Gasteiger partial charge in [0.2, 0.25) is 5.65 Å². The molecule has 150 valence electrons. The van der Waals surface area contributed by atoms with Crippen molar-refractivity contribution in [2.75, 3.05) is 13.1 Å². The van der Waals surface area contributed by atoms with Gasteiger partial charge in [-0.25, -0.2) is 4.98 Å². The van der Waals surface area contributed by atoms with Crippen molar-refractivity contribution in [3.8, 4) is 11.3 Å². The fraction of sp³-hybridized carbons (Fsp3) is 0.286. The second-order valence-corrected chi connectivity index (χ2v) is 7.46. The lowest BCUT2D eigenvalue weighted by Crippen LogP contribution is -2.42. The summed E-state index contributed by atoms with van der Waals surface area (Å²) in [4.78, 5) is 30.1. The summed E-state index contributed by atoms with van der Waals surface area (Å²) in [5.41, 5.74) is 1.48. The number of hydrogen-bond donors (Lipinski definition) is 2. The molecular weight excluding hydrogens is 390 g/mol. The Morgan fingerprint density at radius 3 is 2.79 bits per heavy atom. The molecule has 0 spiro atoms. The van der Waals surface area contributed by atoms with Crippen LogP contribution in [0.25, 0.3) is 16.9 Å². The van der Waals surface area contributed by atoms with E-state index < -0.39 is 0 Å². The number of piperidine rings is 1. The molecule has 0 saturated carbocycles. The molecular formula is C21H22ClN5O2. The first kappa shape index (κ1) is 19.4. The number of carbonyl (C=O) groups is 1. The Kier molecular flexibility index (Phi) is 5.51. The Morgan fingerprint density at radius 1 is 1.31 bits per heavy atom. The van der Waals surface area contributed by atoms with Gasteiger partial charge in [0.15, 0.2) is 0 Å². The molecule has 29 heavy (non-hydrogen) atoms. The van der Waals surface area contributed by atoms with Crippen molar-refractivity contribution in [3.63, 3.8) is 0 Å². The van der Waals surface area contributed by atoms with Crippen LogP contribution in [-0.4, -0.2) is 39.0 Å². The van der Waals surface area contributed by atoms with Gasteiger partial charge in [-0.3, -0.25) is 18.6 Å². The highest BCUT2D eigenvalue weighted by Crippen LogP contribution is 2.27. The Labute approximate surface area is 173 Å². The minimum atomic E-state index is -0.303. The van der Waals surface area contributed by atoms with E-state index in [0.29, 0.717) is 17.3 Å². The van der Waals surface area contributed by atoms with E-state index >= 15 is 0 Å². The largest absolute Gasteiger partial charge is 0.348 e. The fourth-order valence-electron chi connectivity index (χ4n) is 3.61. The van der Waals surface area contributed by atoms with Crippen LogP contribution in [0.3, 0.4) is 0 Å².